The molecular formula is C27H30N4O2S. The van der Waals surface area contributed by atoms with Crippen LogP contribution in [0.25, 0.3) is 0 Å². The van der Waals surface area contributed by atoms with E-state index >= 15 is 0 Å². The standard InChI is InChI=1S/C27H30N4O2S/c1-19(2)18-31-25(22-10-7-17-34-22)24(20-8-3-4-9-21(20)26(31)32)27(33)30-15-13-29(14-16-30)23-11-5-6-12-28-23/h3-12,17,19,24-25H,13-16,18H2,1-2H3/t24-,25+/m1/s1. The molecule has 0 spiro atoms. The van der Waals surface area contributed by atoms with Crippen molar-refractivity contribution in [1.82, 2.24) is 14.8 Å². The van der Waals surface area contributed by atoms with Crippen molar-refractivity contribution in [3.63, 3.8) is 0 Å². The average Bonchev–Trinajstić information content (AvgIpc) is 3.40. The number of benzene rings is 1. The van der Waals surface area contributed by atoms with Gasteiger partial charge in [0.15, 0.2) is 0 Å². The first-order valence-corrected chi connectivity index (χ1v) is 12.8. The van der Waals surface area contributed by atoms with Crippen LogP contribution in [0, 0.1) is 5.92 Å². The van der Waals surface area contributed by atoms with E-state index in [1.165, 1.54) is 0 Å². The van der Waals surface area contributed by atoms with Gasteiger partial charge < -0.3 is 14.7 Å². The Morgan fingerprint density at radius 3 is 2.47 bits per heavy atom. The number of pyridine rings is 1. The summed E-state index contributed by atoms with van der Waals surface area (Å²) in [6.45, 7) is 7.63. The molecule has 0 N–H and O–H groups in total. The Morgan fingerprint density at radius 2 is 1.79 bits per heavy atom. The molecule has 1 saturated heterocycles. The van der Waals surface area contributed by atoms with Crippen molar-refractivity contribution in [2.24, 2.45) is 5.92 Å². The highest BCUT2D eigenvalue weighted by atomic mass is 32.1. The summed E-state index contributed by atoms with van der Waals surface area (Å²) in [7, 11) is 0. The van der Waals surface area contributed by atoms with Crippen LogP contribution in [-0.4, -0.2) is 59.3 Å². The molecule has 0 aliphatic carbocycles. The van der Waals surface area contributed by atoms with E-state index in [1.54, 1.807) is 17.5 Å². The Bertz CT molecular complexity index is 1140. The Labute approximate surface area is 204 Å². The zero-order chi connectivity index (χ0) is 23.7. The van der Waals surface area contributed by atoms with Crippen LogP contribution in [-0.2, 0) is 4.79 Å². The summed E-state index contributed by atoms with van der Waals surface area (Å²) in [5, 5.41) is 2.03. The SMILES string of the molecule is CC(C)CN1C(=O)c2ccccc2[C@@H](C(=O)N2CCN(c3ccccn3)CC2)[C@@H]1c1cccs1. The van der Waals surface area contributed by atoms with Gasteiger partial charge in [-0.3, -0.25) is 9.59 Å². The van der Waals surface area contributed by atoms with Gasteiger partial charge in [0.1, 0.15) is 5.82 Å². The molecule has 34 heavy (non-hydrogen) atoms. The summed E-state index contributed by atoms with van der Waals surface area (Å²) < 4.78 is 0. The van der Waals surface area contributed by atoms with Gasteiger partial charge in [0.05, 0.1) is 12.0 Å². The van der Waals surface area contributed by atoms with Crippen molar-refractivity contribution in [3.05, 3.63) is 82.2 Å². The fraction of sp³-hybridized carbons (Fsp3) is 0.370. The minimum absolute atomic E-state index is 0.0201. The first kappa shape index (κ1) is 22.6. The molecule has 0 saturated carbocycles. The molecule has 2 atom stereocenters. The first-order chi connectivity index (χ1) is 16.5. The van der Waals surface area contributed by atoms with Crippen LogP contribution in [0.5, 0.6) is 0 Å². The quantitative estimate of drug-likeness (QED) is 0.549. The number of fused-ring (bicyclic) bond motifs is 1. The number of rotatable bonds is 5. The molecule has 5 rings (SSSR count). The van der Waals surface area contributed by atoms with E-state index in [-0.39, 0.29) is 17.9 Å². The van der Waals surface area contributed by atoms with Crippen LogP contribution in [0.2, 0.25) is 0 Å². The summed E-state index contributed by atoms with van der Waals surface area (Å²) in [5.74, 6) is 0.962. The normalized spacial score (nSPS) is 20.6. The Balaban J connectivity index is 1.48. The van der Waals surface area contributed by atoms with Crippen molar-refractivity contribution in [3.8, 4) is 0 Å². The lowest BCUT2D eigenvalue weighted by molar-refractivity contribution is -0.135. The minimum atomic E-state index is -0.410. The second-order valence-corrected chi connectivity index (χ2v) is 10.4. The zero-order valence-corrected chi connectivity index (χ0v) is 20.4. The number of carbonyl (C=O) groups is 2. The smallest absolute Gasteiger partial charge is 0.254 e. The summed E-state index contributed by atoms with van der Waals surface area (Å²) in [4.78, 5) is 39.4. The number of aromatic nitrogens is 1. The molecule has 3 aromatic rings. The predicted octanol–water partition coefficient (Wildman–Crippen LogP) is 4.43. The maximum Gasteiger partial charge on any atom is 0.254 e. The highest BCUT2D eigenvalue weighted by Gasteiger charge is 2.46. The number of amides is 2. The van der Waals surface area contributed by atoms with E-state index in [4.69, 9.17) is 0 Å². The predicted molar refractivity (Wildman–Crippen MR) is 135 cm³/mol. The van der Waals surface area contributed by atoms with Gasteiger partial charge in [0.2, 0.25) is 5.91 Å². The van der Waals surface area contributed by atoms with Crippen molar-refractivity contribution in [2.45, 2.75) is 25.8 Å². The van der Waals surface area contributed by atoms with Crippen LogP contribution in [0.3, 0.4) is 0 Å². The average molecular weight is 475 g/mol. The number of hydrogen-bond acceptors (Lipinski definition) is 5. The van der Waals surface area contributed by atoms with E-state index in [9.17, 15) is 9.59 Å². The molecule has 2 aliphatic rings. The fourth-order valence-electron chi connectivity index (χ4n) is 5.12. The van der Waals surface area contributed by atoms with Gasteiger partial charge in [-0.15, -0.1) is 11.3 Å². The monoisotopic (exact) mass is 474 g/mol. The molecule has 0 radical (unpaired) electrons. The molecule has 2 aromatic heterocycles. The van der Waals surface area contributed by atoms with E-state index in [1.807, 2.05) is 63.7 Å². The van der Waals surface area contributed by atoms with E-state index in [0.29, 0.717) is 31.1 Å². The second kappa shape index (κ2) is 9.58. The summed E-state index contributed by atoms with van der Waals surface area (Å²) in [5.41, 5.74) is 1.50. The summed E-state index contributed by atoms with van der Waals surface area (Å²) in [6.07, 6.45) is 1.80. The van der Waals surface area contributed by atoms with Gasteiger partial charge in [-0.25, -0.2) is 4.98 Å². The van der Waals surface area contributed by atoms with Crippen molar-refractivity contribution in [2.75, 3.05) is 37.6 Å². The minimum Gasteiger partial charge on any atom is -0.353 e. The molecular weight excluding hydrogens is 444 g/mol. The third-order valence-electron chi connectivity index (χ3n) is 6.67. The maximum absolute atomic E-state index is 14.2. The fourth-order valence-corrected chi connectivity index (χ4v) is 6.00. The molecule has 0 unspecified atom stereocenters. The van der Waals surface area contributed by atoms with Gasteiger partial charge in [-0.2, -0.15) is 0 Å². The van der Waals surface area contributed by atoms with Crippen molar-refractivity contribution >= 4 is 29.0 Å². The summed E-state index contributed by atoms with van der Waals surface area (Å²) >= 11 is 1.62. The lowest BCUT2D eigenvalue weighted by Crippen LogP contribution is -2.53. The van der Waals surface area contributed by atoms with Crippen LogP contribution in [0.15, 0.2) is 66.2 Å². The molecule has 4 heterocycles. The third kappa shape index (κ3) is 4.20. The largest absolute Gasteiger partial charge is 0.353 e. The number of anilines is 1. The Morgan fingerprint density at radius 1 is 1.03 bits per heavy atom. The van der Waals surface area contributed by atoms with Gasteiger partial charge in [0.25, 0.3) is 5.91 Å². The molecule has 2 aliphatic heterocycles. The van der Waals surface area contributed by atoms with Crippen LogP contribution >= 0.6 is 11.3 Å². The van der Waals surface area contributed by atoms with Gasteiger partial charge in [-0.1, -0.05) is 44.2 Å². The topological polar surface area (TPSA) is 56.8 Å². The molecule has 1 fully saturated rings. The third-order valence-corrected chi connectivity index (χ3v) is 7.61. The van der Waals surface area contributed by atoms with Crippen LogP contribution < -0.4 is 4.90 Å². The van der Waals surface area contributed by atoms with E-state index in [0.717, 1.165) is 29.3 Å². The van der Waals surface area contributed by atoms with E-state index in [2.05, 4.69) is 29.8 Å². The molecule has 1 aromatic carbocycles. The number of thiophene rings is 1. The number of carbonyl (C=O) groups excluding carboxylic acids is 2. The highest BCUT2D eigenvalue weighted by Crippen LogP contribution is 2.45. The lowest BCUT2D eigenvalue weighted by atomic mass is 9.80. The van der Waals surface area contributed by atoms with Crippen molar-refractivity contribution in [1.29, 1.82) is 0 Å². The summed E-state index contributed by atoms with van der Waals surface area (Å²) in [6, 6.07) is 17.4. The number of nitrogens with zero attached hydrogens (tertiary/aromatic N) is 4. The molecule has 0 bridgehead atoms. The second-order valence-electron chi connectivity index (χ2n) is 9.38. The molecule has 6 nitrogen and oxygen atoms in total. The molecule has 2 amide bonds. The van der Waals surface area contributed by atoms with Crippen LogP contribution in [0.4, 0.5) is 5.82 Å². The van der Waals surface area contributed by atoms with Gasteiger partial charge in [0, 0.05) is 49.4 Å². The van der Waals surface area contributed by atoms with Gasteiger partial charge in [-0.05, 0) is 41.1 Å². The molecule has 7 heteroatoms. The number of hydrogen-bond donors (Lipinski definition) is 0. The van der Waals surface area contributed by atoms with Crippen LogP contribution in [0.1, 0.15) is 46.6 Å². The Hall–Kier alpha value is -3.19. The van der Waals surface area contributed by atoms with Gasteiger partial charge >= 0.3 is 0 Å². The zero-order valence-electron chi connectivity index (χ0n) is 19.6. The van der Waals surface area contributed by atoms with E-state index < -0.39 is 5.92 Å². The Kier molecular flexibility index (Phi) is 6.37. The number of piperazine rings is 1. The first-order valence-electron chi connectivity index (χ1n) is 11.9. The van der Waals surface area contributed by atoms with Crippen molar-refractivity contribution < 1.29 is 9.59 Å². The maximum atomic E-state index is 14.2. The lowest BCUT2D eigenvalue weighted by Gasteiger charge is -2.44. The molecule has 176 valence electrons. The highest BCUT2D eigenvalue weighted by molar-refractivity contribution is 7.10.